The van der Waals surface area contributed by atoms with Gasteiger partial charge in [0.15, 0.2) is 8.24 Å². The zero-order chi connectivity index (χ0) is 16.7. The van der Waals surface area contributed by atoms with E-state index in [1.807, 2.05) is 41.8 Å². The second-order valence-electron chi connectivity index (χ2n) is 7.53. The predicted octanol–water partition coefficient (Wildman–Crippen LogP) is 3.99. The average molecular weight is 338 g/mol. The van der Waals surface area contributed by atoms with Gasteiger partial charge in [0.2, 0.25) is 5.91 Å². The largest absolute Gasteiger partial charge is 0.354 e. The van der Waals surface area contributed by atoms with Crippen molar-refractivity contribution in [3.8, 4) is 0 Å². The summed E-state index contributed by atoms with van der Waals surface area (Å²) in [4.78, 5) is 13.5. The number of hydrogen-bond donors (Lipinski definition) is 0. The average Bonchev–Trinajstić information content (AvgIpc) is 2.44. The molecule has 1 aromatic carbocycles. The molecule has 0 spiro atoms. The van der Waals surface area contributed by atoms with Crippen LogP contribution < -0.4 is 0 Å². The smallest absolute Gasteiger partial charge is 0.221 e. The zero-order valence-electron chi connectivity index (χ0n) is 14.4. The molecular weight excluding hydrogens is 310 g/mol. The molecule has 0 bridgehead atoms. The van der Waals surface area contributed by atoms with Crippen LogP contribution >= 0.6 is 0 Å². The molecule has 1 heterocycles. The Morgan fingerprint density at radius 2 is 1.73 bits per heavy atom. The fourth-order valence-corrected chi connectivity index (χ4v) is 7.73. The Bertz CT molecular complexity index is 580. The molecule has 2 rings (SSSR count). The molecule has 0 N–H and O–H groups in total. The number of β-lactam (4-membered cyclic amide) rings is 1. The summed E-state index contributed by atoms with van der Waals surface area (Å²) in [5.41, 5.74) is 0. The molecule has 3 nitrogen and oxygen atoms in total. The molecule has 0 radical (unpaired) electrons. The Morgan fingerprint density at radius 1 is 1.18 bits per heavy atom. The van der Waals surface area contributed by atoms with Crippen LogP contribution in [-0.4, -0.2) is 28.3 Å². The zero-order valence-corrected chi connectivity index (χ0v) is 16.2. The quantitative estimate of drug-likeness (QED) is 0.615. The van der Waals surface area contributed by atoms with Crippen molar-refractivity contribution in [3.63, 3.8) is 0 Å². The third kappa shape index (κ3) is 2.69. The van der Waals surface area contributed by atoms with Crippen molar-refractivity contribution in [1.82, 2.24) is 4.57 Å². The van der Waals surface area contributed by atoms with Crippen molar-refractivity contribution in [2.24, 2.45) is 5.92 Å². The van der Waals surface area contributed by atoms with Gasteiger partial charge in [-0.25, -0.2) is 0 Å². The Kier molecular flexibility index (Phi) is 4.69. The Hall–Kier alpha value is -0.943. The Balaban J connectivity index is 2.38. The van der Waals surface area contributed by atoms with Crippen molar-refractivity contribution in [1.29, 1.82) is 0 Å². The molecule has 1 amide bonds. The highest BCUT2D eigenvalue weighted by atomic mass is 32.2. The summed E-state index contributed by atoms with van der Waals surface area (Å²) < 4.78 is 15.1. The topological polar surface area (TPSA) is 37.4 Å². The summed E-state index contributed by atoms with van der Waals surface area (Å²) >= 11 is 0. The number of carbonyl (C=O) groups is 1. The van der Waals surface area contributed by atoms with E-state index in [9.17, 15) is 9.00 Å². The lowest BCUT2D eigenvalue weighted by Crippen LogP contribution is -2.73. The SMILES string of the molecule is CCC1C(=O)N([Si](C)(C)C(C)(C)C)C1S(=O)c1ccccc1. The fraction of sp³-hybridized carbons (Fsp3) is 0.588. The molecule has 5 heteroatoms. The van der Waals surface area contributed by atoms with Gasteiger partial charge in [-0.05, 0) is 23.6 Å². The summed E-state index contributed by atoms with van der Waals surface area (Å²) in [7, 11) is -3.17. The molecule has 22 heavy (non-hydrogen) atoms. The first-order chi connectivity index (χ1) is 10.1. The van der Waals surface area contributed by atoms with E-state index < -0.39 is 19.0 Å². The lowest BCUT2D eigenvalue weighted by Gasteiger charge is -2.57. The van der Waals surface area contributed by atoms with Crippen LogP contribution in [0.4, 0.5) is 0 Å². The second kappa shape index (κ2) is 5.93. The maximum atomic E-state index is 13.1. The standard InChI is InChI=1S/C17H27NO2SSi/c1-7-14-15(19)18(22(5,6)17(2,3)4)16(14)21(20)13-11-9-8-10-12-13/h8-12,14,16H,7H2,1-6H3. The monoisotopic (exact) mass is 337 g/mol. The first-order valence-corrected chi connectivity index (χ1v) is 12.1. The van der Waals surface area contributed by atoms with Gasteiger partial charge < -0.3 is 4.57 Å². The van der Waals surface area contributed by atoms with Gasteiger partial charge in [0.05, 0.1) is 16.7 Å². The van der Waals surface area contributed by atoms with Crippen LogP contribution in [0, 0.1) is 5.92 Å². The summed E-state index contributed by atoms with van der Waals surface area (Å²) in [6.07, 6.45) is 0.757. The molecule has 3 atom stereocenters. The van der Waals surface area contributed by atoms with Gasteiger partial charge in [-0.15, -0.1) is 0 Å². The van der Waals surface area contributed by atoms with Gasteiger partial charge in [-0.2, -0.15) is 0 Å². The van der Waals surface area contributed by atoms with Gasteiger partial charge in [-0.1, -0.05) is 59.0 Å². The van der Waals surface area contributed by atoms with E-state index in [0.29, 0.717) is 0 Å². The molecule has 0 aliphatic carbocycles. The maximum absolute atomic E-state index is 13.1. The number of carbonyl (C=O) groups excluding carboxylic acids is 1. The van der Waals surface area contributed by atoms with Crippen LogP contribution in [0.15, 0.2) is 35.2 Å². The van der Waals surface area contributed by atoms with Gasteiger partial charge in [0.1, 0.15) is 5.37 Å². The lowest BCUT2D eigenvalue weighted by molar-refractivity contribution is -0.143. The lowest BCUT2D eigenvalue weighted by atomic mass is 9.99. The number of benzene rings is 1. The molecule has 1 fully saturated rings. The van der Waals surface area contributed by atoms with Crippen molar-refractivity contribution in [2.45, 2.75) is 62.5 Å². The highest BCUT2D eigenvalue weighted by Crippen LogP contribution is 2.46. The molecule has 1 aliphatic rings. The molecule has 1 aliphatic heterocycles. The molecule has 122 valence electrons. The van der Waals surface area contributed by atoms with Gasteiger partial charge in [0.25, 0.3) is 0 Å². The van der Waals surface area contributed by atoms with Crippen LogP contribution in [-0.2, 0) is 15.6 Å². The van der Waals surface area contributed by atoms with Crippen molar-refractivity contribution in [3.05, 3.63) is 30.3 Å². The molecule has 1 aromatic rings. The first kappa shape index (κ1) is 17.4. The third-order valence-electron chi connectivity index (χ3n) is 5.23. The highest BCUT2D eigenvalue weighted by Gasteiger charge is 2.58. The minimum atomic E-state index is -2.01. The summed E-state index contributed by atoms with van der Waals surface area (Å²) in [5.74, 6) is 0.0959. The Morgan fingerprint density at radius 3 is 2.18 bits per heavy atom. The van der Waals surface area contributed by atoms with Crippen LogP contribution in [0.25, 0.3) is 0 Å². The predicted molar refractivity (Wildman–Crippen MR) is 94.5 cm³/mol. The van der Waals surface area contributed by atoms with Crippen molar-refractivity contribution < 1.29 is 9.00 Å². The van der Waals surface area contributed by atoms with E-state index in [2.05, 4.69) is 33.9 Å². The normalized spacial score (nSPS) is 24.1. The summed E-state index contributed by atoms with van der Waals surface area (Å²) in [6.45, 7) is 13.0. The molecule has 0 saturated carbocycles. The summed E-state index contributed by atoms with van der Waals surface area (Å²) in [5, 5.41) is -0.110. The second-order valence-corrected chi connectivity index (χ2v) is 14.2. The van der Waals surface area contributed by atoms with Crippen molar-refractivity contribution >= 4 is 24.9 Å². The van der Waals surface area contributed by atoms with Crippen LogP contribution in [0.3, 0.4) is 0 Å². The molecule has 1 saturated heterocycles. The van der Waals surface area contributed by atoms with E-state index in [0.717, 1.165) is 11.3 Å². The van der Waals surface area contributed by atoms with Crippen molar-refractivity contribution in [2.75, 3.05) is 0 Å². The van der Waals surface area contributed by atoms with Gasteiger partial charge in [0, 0.05) is 4.90 Å². The minimum Gasteiger partial charge on any atom is -0.354 e. The number of nitrogens with zero attached hydrogens (tertiary/aromatic N) is 1. The molecule has 3 unspecified atom stereocenters. The van der Waals surface area contributed by atoms with E-state index >= 15 is 0 Å². The minimum absolute atomic E-state index is 0.0561. The maximum Gasteiger partial charge on any atom is 0.221 e. The number of rotatable bonds is 4. The van der Waals surface area contributed by atoms with Gasteiger partial charge >= 0.3 is 0 Å². The van der Waals surface area contributed by atoms with Crippen LogP contribution in [0.1, 0.15) is 34.1 Å². The highest BCUT2D eigenvalue weighted by molar-refractivity contribution is 7.86. The third-order valence-corrected chi connectivity index (χ3v) is 12.5. The summed E-state index contributed by atoms with van der Waals surface area (Å²) in [6, 6.07) is 9.54. The Labute approximate surface area is 137 Å². The van der Waals surface area contributed by atoms with E-state index in [1.54, 1.807) is 0 Å². The van der Waals surface area contributed by atoms with E-state index in [-0.39, 0.29) is 22.2 Å². The first-order valence-electron chi connectivity index (χ1n) is 7.91. The molecule has 0 aromatic heterocycles. The molecular formula is C17H27NO2SSi. The van der Waals surface area contributed by atoms with Crippen LogP contribution in [0.2, 0.25) is 18.1 Å². The van der Waals surface area contributed by atoms with E-state index in [4.69, 9.17) is 0 Å². The van der Waals surface area contributed by atoms with Gasteiger partial charge in [-0.3, -0.25) is 9.00 Å². The van der Waals surface area contributed by atoms with Crippen LogP contribution in [0.5, 0.6) is 0 Å². The van der Waals surface area contributed by atoms with E-state index in [1.165, 1.54) is 0 Å². The number of amides is 1. The fourth-order valence-electron chi connectivity index (χ4n) is 2.79. The number of hydrogen-bond acceptors (Lipinski definition) is 2.